The Morgan fingerprint density at radius 3 is 2.60 bits per heavy atom. The zero-order valence-corrected chi connectivity index (χ0v) is 13.8. The Hall–Kier alpha value is -1.03. The highest BCUT2D eigenvalue weighted by Gasteiger charge is 2.19. The molecule has 2 rings (SSSR count). The Morgan fingerprint density at radius 1 is 1.35 bits per heavy atom. The molecule has 0 aliphatic rings. The van der Waals surface area contributed by atoms with Crippen LogP contribution in [0.4, 0.5) is 10.1 Å². The average molecular weight is 395 g/mol. The van der Waals surface area contributed by atoms with Crippen molar-refractivity contribution in [1.29, 1.82) is 0 Å². The van der Waals surface area contributed by atoms with E-state index in [4.69, 9.17) is 18.0 Å². The monoisotopic (exact) mass is 394 g/mol. The van der Waals surface area contributed by atoms with Crippen molar-refractivity contribution in [1.82, 2.24) is 0 Å². The van der Waals surface area contributed by atoms with Gasteiger partial charge in [-0.3, -0.25) is 4.72 Å². The van der Waals surface area contributed by atoms with E-state index in [1.54, 1.807) is 6.07 Å². The van der Waals surface area contributed by atoms with E-state index in [9.17, 15) is 12.8 Å². The number of hydrogen-bond acceptors (Lipinski definition) is 4. The van der Waals surface area contributed by atoms with Crippen molar-refractivity contribution in [2.24, 2.45) is 5.73 Å². The zero-order chi connectivity index (χ0) is 14.9. The maximum absolute atomic E-state index is 13.0. The van der Waals surface area contributed by atoms with E-state index in [1.807, 2.05) is 0 Å². The number of benzene rings is 1. The van der Waals surface area contributed by atoms with E-state index >= 15 is 0 Å². The van der Waals surface area contributed by atoms with E-state index < -0.39 is 15.8 Å². The molecule has 0 saturated heterocycles. The first-order chi connectivity index (χ1) is 9.29. The molecule has 106 valence electrons. The summed E-state index contributed by atoms with van der Waals surface area (Å²) >= 11 is 8.85. The molecule has 0 amide bonds. The molecule has 0 aliphatic carbocycles. The predicted molar refractivity (Wildman–Crippen MR) is 85.1 cm³/mol. The third kappa shape index (κ3) is 3.35. The standard InChI is InChI=1S/C11H8BrFN2O2S3/c12-7-5-6(13)1-2-8(7)15-20(16,17)10-4-3-9(19-10)11(14)18/h1-5,15H,(H2,14,18). The van der Waals surface area contributed by atoms with Gasteiger partial charge in [-0.05, 0) is 46.3 Å². The van der Waals surface area contributed by atoms with Crippen LogP contribution >= 0.6 is 39.5 Å². The van der Waals surface area contributed by atoms with Gasteiger partial charge in [0.1, 0.15) is 15.0 Å². The summed E-state index contributed by atoms with van der Waals surface area (Å²) in [5.41, 5.74) is 5.69. The molecule has 0 radical (unpaired) electrons. The number of rotatable bonds is 4. The van der Waals surface area contributed by atoms with Gasteiger partial charge in [-0.1, -0.05) is 12.2 Å². The molecule has 9 heteroatoms. The van der Waals surface area contributed by atoms with Gasteiger partial charge in [0.25, 0.3) is 10.0 Å². The molecule has 0 saturated carbocycles. The summed E-state index contributed by atoms with van der Waals surface area (Å²) in [6, 6.07) is 6.63. The van der Waals surface area contributed by atoms with Crippen LogP contribution < -0.4 is 10.5 Å². The Bertz CT molecular complexity index is 774. The molecule has 1 heterocycles. The number of hydrogen-bond donors (Lipinski definition) is 2. The second-order valence-corrected chi connectivity index (χ2v) is 8.00. The highest BCUT2D eigenvalue weighted by Crippen LogP contribution is 2.28. The Morgan fingerprint density at radius 2 is 2.05 bits per heavy atom. The van der Waals surface area contributed by atoms with Crippen LogP contribution in [-0.2, 0) is 10.0 Å². The summed E-state index contributed by atoms with van der Waals surface area (Å²) in [6.07, 6.45) is 0. The maximum atomic E-state index is 13.0. The predicted octanol–water partition coefficient (Wildman–Crippen LogP) is 3.08. The molecule has 1 aromatic carbocycles. The van der Waals surface area contributed by atoms with Crippen LogP contribution in [-0.4, -0.2) is 13.4 Å². The second-order valence-electron chi connectivity index (χ2n) is 3.71. The molecule has 2 aromatic rings. The lowest BCUT2D eigenvalue weighted by Crippen LogP contribution is -2.12. The van der Waals surface area contributed by atoms with Gasteiger partial charge in [0.05, 0.1) is 10.6 Å². The van der Waals surface area contributed by atoms with E-state index in [0.29, 0.717) is 9.35 Å². The number of nitrogens with one attached hydrogen (secondary N) is 1. The third-order valence-corrected chi connectivity index (χ3v) is 6.25. The first kappa shape index (κ1) is 15.4. The van der Waals surface area contributed by atoms with Crippen LogP contribution in [0.1, 0.15) is 4.88 Å². The SMILES string of the molecule is NC(=S)c1ccc(S(=O)(=O)Nc2ccc(F)cc2Br)s1. The van der Waals surface area contributed by atoms with Gasteiger partial charge < -0.3 is 5.73 Å². The molecule has 20 heavy (non-hydrogen) atoms. The summed E-state index contributed by atoms with van der Waals surface area (Å²) < 4.78 is 40.1. The number of nitrogens with two attached hydrogens (primary N) is 1. The van der Waals surface area contributed by atoms with Crippen molar-refractivity contribution in [2.45, 2.75) is 4.21 Å². The van der Waals surface area contributed by atoms with E-state index in [2.05, 4.69) is 20.7 Å². The van der Waals surface area contributed by atoms with Crippen molar-refractivity contribution < 1.29 is 12.8 Å². The van der Waals surface area contributed by atoms with Gasteiger partial charge in [0, 0.05) is 4.47 Å². The third-order valence-electron chi connectivity index (χ3n) is 2.26. The molecule has 3 N–H and O–H groups in total. The van der Waals surface area contributed by atoms with Crippen LogP contribution in [0.5, 0.6) is 0 Å². The molecule has 0 bridgehead atoms. The summed E-state index contributed by atoms with van der Waals surface area (Å²) in [5, 5.41) is 0. The minimum atomic E-state index is -3.76. The van der Waals surface area contributed by atoms with Gasteiger partial charge in [-0.15, -0.1) is 11.3 Å². The van der Waals surface area contributed by atoms with Gasteiger partial charge in [0.2, 0.25) is 0 Å². The van der Waals surface area contributed by atoms with Crippen molar-refractivity contribution >= 4 is 60.2 Å². The first-order valence-corrected chi connectivity index (χ1v) is 8.67. The smallest absolute Gasteiger partial charge is 0.271 e. The van der Waals surface area contributed by atoms with E-state index in [1.165, 1.54) is 18.2 Å². The average Bonchev–Trinajstić information content (AvgIpc) is 2.83. The fourth-order valence-electron chi connectivity index (χ4n) is 1.36. The fraction of sp³-hybridized carbons (Fsp3) is 0. The molecule has 0 fully saturated rings. The number of sulfonamides is 1. The normalized spacial score (nSPS) is 11.3. The Labute approximate surface area is 133 Å². The van der Waals surface area contributed by atoms with E-state index in [-0.39, 0.29) is 14.9 Å². The summed E-state index contributed by atoms with van der Waals surface area (Å²) in [7, 11) is -3.76. The lowest BCUT2D eigenvalue weighted by atomic mass is 10.3. The lowest BCUT2D eigenvalue weighted by Gasteiger charge is -2.08. The number of thiophene rings is 1. The van der Waals surface area contributed by atoms with Crippen molar-refractivity contribution in [3.8, 4) is 0 Å². The summed E-state index contributed by atoms with van der Waals surface area (Å²) in [5.74, 6) is -0.466. The minimum Gasteiger partial charge on any atom is -0.389 e. The largest absolute Gasteiger partial charge is 0.389 e. The van der Waals surface area contributed by atoms with Crippen LogP contribution in [0.3, 0.4) is 0 Å². The molecule has 0 spiro atoms. The second kappa shape index (κ2) is 5.76. The molecule has 4 nitrogen and oxygen atoms in total. The van der Waals surface area contributed by atoms with Gasteiger partial charge in [-0.2, -0.15) is 0 Å². The number of thiocarbonyl (C=S) groups is 1. The van der Waals surface area contributed by atoms with Gasteiger partial charge in [0.15, 0.2) is 0 Å². The molecular weight excluding hydrogens is 387 g/mol. The molecular formula is C11H8BrFN2O2S3. The fourth-order valence-corrected chi connectivity index (χ4v) is 4.38. The Kier molecular flexibility index (Phi) is 4.43. The molecule has 0 aliphatic heterocycles. The van der Waals surface area contributed by atoms with Gasteiger partial charge in [-0.25, -0.2) is 12.8 Å². The van der Waals surface area contributed by atoms with Crippen molar-refractivity contribution in [3.05, 3.63) is 45.5 Å². The summed E-state index contributed by atoms with van der Waals surface area (Å²) in [4.78, 5) is 0.651. The first-order valence-electron chi connectivity index (χ1n) is 5.17. The molecule has 0 unspecified atom stereocenters. The van der Waals surface area contributed by atoms with Gasteiger partial charge >= 0.3 is 0 Å². The van der Waals surface area contributed by atoms with Crippen molar-refractivity contribution in [2.75, 3.05) is 4.72 Å². The van der Waals surface area contributed by atoms with E-state index in [0.717, 1.165) is 17.4 Å². The molecule has 0 atom stereocenters. The lowest BCUT2D eigenvalue weighted by molar-refractivity contribution is 0.603. The van der Waals surface area contributed by atoms with Crippen LogP contribution in [0.15, 0.2) is 39.0 Å². The number of halogens is 2. The highest BCUT2D eigenvalue weighted by molar-refractivity contribution is 9.10. The topological polar surface area (TPSA) is 72.2 Å². The maximum Gasteiger partial charge on any atom is 0.271 e. The quantitative estimate of drug-likeness (QED) is 0.781. The number of anilines is 1. The van der Waals surface area contributed by atoms with Crippen LogP contribution in [0.25, 0.3) is 0 Å². The highest BCUT2D eigenvalue weighted by atomic mass is 79.9. The minimum absolute atomic E-state index is 0.0801. The summed E-state index contributed by atoms with van der Waals surface area (Å²) in [6.45, 7) is 0. The molecule has 1 aromatic heterocycles. The van der Waals surface area contributed by atoms with Crippen molar-refractivity contribution in [3.63, 3.8) is 0 Å². The van der Waals surface area contributed by atoms with Crippen LogP contribution in [0.2, 0.25) is 0 Å². The Balaban J connectivity index is 2.33. The van der Waals surface area contributed by atoms with Crippen LogP contribution in [0, 0.1) is 5.82 Å². The zero-order valence-electron chi connectivity index (χ0n) is 9.76.